The van der Waals surface area contributed by atoms with Crippen LogP contribution in [-0.4, -0.2) is 11.3 Å². The molecule has 0 saturated carbocycles. The van der Waals surface area contributed by atoms with Crippen molar-refractivity contribution in [3.8, 4) is 0 Å². The van der Waals surface area contributed by atoms with E-state index < -0.39 is 17.7 Å². The van der Waals surface area contributed by atoms with Gasteiger partial charge in [-0.2, -0.15) is 0 Å². The standard InChI is InChI=1S/C8H6BrF2NO2/c9-2-4-1-5(3-13)6(7(10)11)12-8(4)14/h1,3,7H,2H2,(H,12,14). The van der Waals surface area contributed by atoms with Gasteiger partial charge in [-0.25, -0.2) is 8.78 Å². The lowest BCUT2D eigenvalue weighted by atomic mass is 10.1. The zero-order valence-corrected chi connectivity index (χ0v) is 8.48. The van der Waals surface area contributed by atoms with Crippen molar-refractivity contribution in [1.82, 2.24) is 4.98 Å². The Morgan fingerprint density at radius 1 is 1.57 bits per heavy atom. The molecule has 0 amide bonds. The van der Waals surface area contributed by atoms with Gasteiger partial charge < -0.3 is 4.98 Å². The van der Waals surface area contributed by atoms with Crippen molar-refractivity contribution in [2.75, 3.05) is 0 Å². The molecule has 0 spiro atoms. The minimum atomic E-state index is -2.85. The van der Waals surface area contributed by atoms with E-state index in [1.165, 1.54) is 0 Å². The smallest absolute Gasteiger partial charge is 0.279 e. The summed E-state index contributed by atoms with van der Waals surface area (Å²) in [5.41, 5.74) is -1.18. The van der Waals surface area contributed by atoms with E-state index in [2.05, 4.69) is 15.9 Å². The van der Waals surface area contributed by atoms with Crippen LogP contribution >= 0.6 is 15.9 Å². The van der Waals surface area contributed by atoms with Gasteiger partial charge in [-0.1, -0.05) is 15.9 Å². The summed E-state index contributed by atoms with van der Waals surface area (Å²) < 4.78 is 24.6. The third-order valence-electron chi connectivity index (χ3n) is 1.67. The molecule has 0 radical (unpaired) electrons. The molecule has 3 nitrogen and oxygen atoms in total. The number of alkyl halides is 3. The SMILES string of the molecule is O=Cc1cc(CBr)c(=O)[nH]c1C(F)F. The number of pyridine rings is 1. The lowest BCUT2D eigenvalue weighted by Crippen LogP contribution is -2.16. The van der Waals surface area contributed by atoms with E-state index in [1.54, 1.807) is 0 Å². The van der Waals surface area contributed by atoms with E-state index in [9.17, 15) is 18.4 Å². The van der Waals surface area contributed by atoms with Crippen molar-refractivity contribution >= 4 is 22.2 Å². The van der Waals surface area contributed by atoms with Crippen LogP contribution in [0.2, 0.25) is 0 Å². The Morgan fingerprint density at radius 3 is 2.64 bits per heavy atom. The van der Waals surface area contributed by atoms with Gasteiger partial charge >= 0.3 is 0 Å². The van der Waals surface area contributed by atoms with Crippen molar-refractivity contribution in [2.24, 2.45) is 0 Å². The molecule has 0 bridgehead atoms. The van der Waals surface area contributed by atoms with Gasteiger partial charge in [0, 0.05) is 16.5 Å². The van der Waals surface area contributed by atoms with Gasteiger partial charge in [0.2, 0.25) is 0 Å². The van der Waals surface area contributed by atoms with Crippen LogP contribution in [-0.2, 0) is 5.33 Å². The van der Waals surface area contributed by atoms with Gasteiger partial charge in [-0.05, 0) is 6.07 Å². The Bertz CT molecular complexity index is 403. The van der Waals surface area contributed by atoms with E-state index >= 15 is 0 Å². The topological polar surface area (TPSA) is 49.9 Å². The number of rotatable bonds is 3. The average molecular weight is 266 g/mol. The molecule has 0 aliphatic heterocycles. The maximum absolute atomic E-state index is 12.3. The predicted octanol–water partition coefficient (Wildman–Crippen LogP) is 2.02. The van der Waals surface area contributed by atoms with E-state index in [0.29, 0.717) is 6.29 Å². The Balaban J connectivity index is 3.39. The summed E-state index contributed by atoms with van der Waals surface area (Å²) in [6.45, 7) is 0. The number of aldehydes is 1. The summed E-state index contributed by atoms with van der Waals surface area (Å²) in [5, 5.41) is 0.215. The van der Waals surface area contributed by atoms with Gasteiger partial charge in [-0.3, -0.25) is 9.59 Å². The van der Waals surface area contributed by atoms with Crippen LogP contribution in [0, 0.1) is 0 Å². The first-order valence-corrected chi connectivity index (χ1v) is 4.77. The van der Waals surface area contributed by atoms with Crippen molar-refractivity contribution in [3.05, 3.63) is 33.2 Å². The Kier molecular flexibility index (Phi) is 3.51. The molecular weight excluding hydrogens is 260 g/mol. The van der Waals surface area contributed by atoms with Crippen molar-refractivity contribution in [1.29, 1.82) is 0 Å². The number of carbonyl (C=O) groups is 1. The highest BCUT2D eigenvalue weighted by Crippen LogP contribution is 2.19. The Labute approximate surface area is 86.3 Å². The molecular formula is C8H6BrF2NO2. The average Bonchev–Trinajstić information content (AvgIpc) is 2.17. The van der Waals surface area contributed by atoms with E-state index in [-0.39, 0.29) is 16.5 Å². The largest absolute Gasteiger partial charge is 0.320 e. The van der Waals surface area contributed by atoms with Crippen LogP contribution in [0.3, 0.4) is 0 Å². The van der Waals surface area contributed by atoms with Gasteiger partial charge in [0.25, 0.3) is 12.0 Å². The molecule has 0 unspecified atom stereocenters. The van der Waals surface area contributed by atoms with Crippen LogP contribution in [0.1, 0.15) is 28.0 Å². The number of H-pyrrole nitrogens is 1. The first kappa shape index (κ1) is 11.0. The predicted molar refractivity (Wildman–Crippen MR) is 50.0 cm³/mol. The molecule has 1 heterocycles. The zero-order chi connectivity index (χ0) is 10.7. The van der Waals surface area contributed by atoms with Gasteiger partial charge in [0.15, 0.2) is 6.29 Å². The third kappa shape index (κ3) is 2.06. The molecule has 1 N–H and O–H groups in total. The van der Waals surface area contributed by atoms with E-state index in [4.69, 9.17) is 0 Å². The summed E-state index contributed by atoms with van der Waals surface area (Å²) in [7, 11) is 0. The molecule has 0 saturated heterocycles. The molecule has 1 aromatic heterocycles. The Hall–Kier alpha value is -1.04. The summed E-state index contributed by atoms with van der Waals surface area (Å²) in [4.78, 5) is 23.5. The lowest BCUT2D eigenvalue weighted by Gasteiger charge is -2.04. The second-order valence-electron chi connectivity index (χ2n) is 2.54. The number of nitrogens with one attached hydrogen (secondary N) is 1. The summed E-state index contributed by atoms with van der Waals surface area (Å²) in [6, 6.07) is 1.15. The fourth-order valence-electron chi connectivity index (χ4n) is 0.983. The minimum absolute atomic E-state index is 0.186. The molecule has 1 aromatic rings. The Morgan fingerprint density at radius 2 is 2.21 bits per heavy atom. The quantitative estimate of drug-likeness (QED) is 0.672. The van der Waals surface area contributed by atoms with Gasteiger partial charge in [0.05, 0.1) is 5.69 Å². The third-order valence-corrected chi connectivity index (χ3v) is 2.27. The number of hydrogen-bond acceptors (Lipinski definition) is 2. The van der Waals surface area contributed by atoms with Crippen molar-refractivity contribution in [2.45, 2.75) is 11.8 Å². The monoisotopic (exact) mass is 265 g/mol. The van der Waals surface area contributed by atoms with Crippen LogP contribution < -0.4 is 5.56 Å². The number of aromatic nitrogens is 1. The highest BCUT2D eigenvalue weighted by Gasteiger charge is 2.15. The normalized spacial score (nSPS) is 10.6. The maximum Gasteiger partial charge on any atom is 0.279 e. The maximum atomic E-state index is 12.3. The van der Waals surface area contributed by atoms with Gasteiger partial charge in [0.1, 0.15) is 0 Å². The number of halogens is 3. The molecule has 76 valence electrons. The molecule has 6 heteroatoms. The first-order valence-electron chi connectivity index (χ1n) is 3.65. The molecule has 0 aliphatic rings. The molecule has 14 heavy (non-hydrogen) atoms. The number of carbonyl (C=O) groups excluding carboxylic acids is 1. The fourth-order valence-corrected chi connectivity index (χ4v) is 1.40. The number of aromatic amines is 1. The van der Waals surface area contributed by atoms with Crippen LogP contribution in [0.5, 0.6) is 0 Å². The zero-order valence-electron chi connectivity index (χ0n) is 6.89. The lowest BCUT2D eigenvalue weighted by molar-refractivity contribution is 0.110. The fraction of sp³-hybridized carbons (Fsp3) is 0.250. The van der Waals surface area contributed by atoms with Gasteiger partial charge in [-0.15, -0.1) is 0 Å². The highest BCUT2D eigenvalue weighted by molar-refractivity contribution is 9.08. The van der Waals surface area contributed by atoms with Crippen LogP contribution in [0.4, 0.5) is 8.78 Å². The second-order valence-corrected chi connectivity index (χ2v) is 3.11. The minimum Gasteiger partial charge on any atom is -0.320 e. The molecule has 1 rings (SSSR count). The van der Waals surface area contributed by atoms with E-state index in [1.807, 2.05) is 4.98 Å². The van der Waals surface area contributed by atoms with Crippen molar-refractivity contribution < 1.29 is 13.6 Å². The van der Waals surface area contributed by atoms with Crippen LogP contribution in [0.15, 0.2) is 10.9 Å². The number of hydrogen-bond donors (Lipinski definition) is 1. The molecule has 0 aliphatic carbocycles. The summed E-state index contributed by atoms with van der Waals surface area (Å²) >= 11 is 3.01. The van der Waals surface area contributed by atoms with Crippen LogP contribution in [0.25, 0.3) is 0 Å². The van der Waals surface area contributed by atoms with Crippen molar-refractivity contribution in [3.63, 3.8) is 0 Å². The highest BCUT2D eigenvalue weighted by atomic mass is 79.9. The molecule has 0 aromatic carbocycles. The first-order chi connectivity index (χ1) is 6.60. The van der Waals surface area contributed by atoms with E-state index in [0.717, 1.165) is 6.07 Å². The second kappa shape index (κ2) is 4.45. The summed E-state index contributed by atoms with van der Waals surface area (Å²) in [5.74, 6) is 0. The summed E-state index contributed by atoms with van der Waals surface area (Å²) in [6.07, 6.45) is -2.56. The molecule has 0 fully saturated rings. The molecule has 0 atom stereocenters.